The molecule has 0 spiro atoms. The van der Waals surface area contributed by atoms with E-state index < -0.39 is 28.4 Å². The lowest BCUT2D eigenvalue weighted by Crippen LogP contribution is -2.39. The van der Waals surface area contributed by atoms with Gasteiger partial charge in [0.25, 0.3) is 11.8 Å². The predicted molar refractivity (Wildman–Crippen MR) is 132 cm³/mol. The lowest BCUT2D eigenvalue weighted by Gasteiger charge is -2.21. The molecule has 11 heteroatoms. The van der Waals surface area contributed by atoms with Gasteiger partial charge in [0.05, 0.1) is 17.7 Å². The SMILES string of the molecule is NC(=O)COc1ccc(/C=N\NC(=O)CN(Cc2ccccc2)S(=O)(=O)c2ccc(Cl)cc2)cc1. The van der Waals surface area contributed by atoms with Crippen LogP contribution >= 0.6 is 11.6 Å². The van der Waals surface area contributed by atoms with Crippen LogP contribution in [0.25, 0.3) is 0 Å². The van der Waals surface area contributed by atoms with Crippen LogP contribution in [0.2, 0.25) is 5.02 Å². The molecule has 2 amide bonds. The maximum absolute atomic E-state index is 13.2. The van der Waals surface area contributed by atoms with Gasteiger partial charge in [-0.15, -0.1) is 0 Å². The van der Waals surface area contributed by atoms with E-state index in [-0.39, 0.29) is 18.0 Å². The van der Waals surface area contributed by atoms with Gasteiger partial charge in [0, 0.05) is 11.6 Å². The zero-order chi connectivity index (χ0) is 25.3. The van der Waals surface area contributed by atoms with Crippen LogP contribution in [0.5, 0.6) is 5.75 Å². The Balaban J connectivity index is 1.68. The van der Waals surface area contributed by atoms with Crippen molar-refractivity contribution in [2.45, 2.75) is 11.4 Å². The number of ether oxygens (including phenoxy) is 1. The number of primary amides is 1. The zero-order valence-electron chi connectivity index (χ0n) is 18.5. The smallest absolute Gasteiger partial charge is 0.255 e. The van der Waals surface area contributed by atoms with Gasteiger partial charge in [-0.05, 0) is 59.7 Å². The molecule has 3 aromatic rings. The van der Waals surface area contributed by atoms with Crippen LogP contribution in [0, 0.1) is 0 Å². The van der Waals surface area contributed by atoms with Gasteiger partial charge in [0.2, 0.25) is 10.0 Å². The summed E-state index contributed by atoms with van der Waals surface area (Å²) in [5, 5.41) is 4.29. The summed E-state index contributed by atoms with van der Waals surface area (Å²) in [7, 11) is -3.99. The van der Waals surface area contributed by atoms with E-state index in [1.807, 2.05) is 6.07 Å². The number of hydrogen-bond donors (Lipinski definition) is 2. The van der Waals surface area contributed by atoms with Gasteiger partial charge in [-0.2, -0.15) is 9.41 Å². The third-order valence-corrected chi connectivity index (χ3v) is 6.70. The number of hydrogen-bond acceptors (Lipinski definition) is 6. The maximum Gasteiger partial charge on any atom is 0.255 e. The summed E-state index contributed by atoms with van der Waals surface area (Å²) in [6, 6.07) is 21.2. The summed E-state index contributed by atoms with van der Waals surface area (Å²) in [5.74, 6) is -0.747. The second-order valence-corrected chi connectivity index (χ2v) is 9.70. The van der Waals surface area contributed by atoms with Crippen LogP contribution in [-0.2, 0) is 26.2 Å². The van der Waals surface area contributed by atoms with Gasteiger partial charge in [-0.25, -0.2) is 13.8 Å². The fraction of sp³-hybridized carbons (Fsp3) is 0.125. The minimum absolute atomic E-state index is 0.00427. The first-order chi connectivity index (χ1) is 16.7. The molecule has 0 fully saturated rings. The normalized spacial score (nSPS) is 11.5. The number of carbonyl (C=O) groups excluding carboxylic acids is 2. The molecular formula is C24H23ClN4O5S. The Morgan fingerprint density at radius 1 is 1.00 bits per heavy atom. The highest BCUT2D eigenvalue weighted by Crippen LogP contribution is 2.20. The minimum atomic E-state index is -3.99. The van der Waals surface area contributed by atoms with Crippen LogP contribution in [0.15, 0.2) is 88.9 Å². The average molecular weight is 515 g/mol. The first-order valence-electron chi connectivity index (χ1n) is 10.4. The number of nitrogens with one attached hydrogen (secondary N) is 1. The standard InChI is InChI=1S/C24H23ClN4O5S/c25-20-8-12-22(13-9-20)35(32,33)29(15-19-4-2-1-3-5-19)16-24(31)28-27-14-18-6-10-21(11-7-18)34-17-23(26)30/h1-14H,15-17H2,(H2,26,30)(H,28,31)/b27-14-. The fourth-order valence-electron chi connectivity index (χ4n) is 2.95. The fourth-order valence-corrected chi connectivity index (χ4v) is 4.46. The third kappa shape index (κ3) is 7.92. The number of halogens is 1. The molecule has 0 unspecified atom stereocenters. The highest BCUT2D eigenvalue weighted by Gasteiger charge is 2.27. The predicted octanol–water partition coefficient (Wildman–Crippen LogP) is 2.55. The number of benzene rings is 3. The minimum Gasteiger partial charge on any atom is -0.484 e. The van der Waals surface area contributed by atoms with Crippen LogP contribution < -0.4 is 15.9 Å². The largest absolute Gasteiger partial charge is 0.484 e. The first kappa shape index (κ1) is 25.9. The molecule has 0 heterocycles. The van der Waals surface area contributed by atoms with Crippen molar-refractivity contribution >= 4 is 39.7 Å². The molecule has 9 nitrogen and oxygen atoms in total. The van der Waals surface area contributed by atoms with E-state index in [0.29, 0.717) is 16.3 Å². The van der Waals surface area contributed by atoms with E-state index in [1.54, 1.807) is 48.5 Å². The van der Waals surface area contributed by atoms with Gasteiger partial charge in [-0.3, -0.25) is 9.59 Å². The molecule has 3 N–H and O–H groups in total. The van der Waals surface area contributed by atoms with E-state index >= 15 is 0 Å². The number of rotatable bonds is 11. The monoisotopic (exact) mass is 514 g/mol. The van der Waals surface area contributed by atoms with Crippen molar-refractivity contribution in [3.05, 3.63) is 95.0 Å². The summed E-state index contributed by atoms with van der Waals surface area (Å²) in [6.45, 7) is -0.686. The molecule has 0 saturated heterocycles. The van der Waals surface area contributed by atoms with Crippen LogP contribution in [0.3, 0.4) is 0 Å². The summed E-state index contributed by atoms with van der Waals surface area (Å²) in [5.41, 5.74) is 8.75. The number of carbonyl (C=O) groups is 2. The van der Waals surface area contributed by atoms with Crippen molar-refractivity contribution in [3.8, 4) is 5.75 Å². The number of amides is 2. The van der Waals surface area contributed by atoms with Crippen molar-refractivity contribution in [2.24, 2.45) is 10.8 Å². The topological polar surface area (TPSA) is 131 Å². The Hall–Kier alpha value is -3.73. The number of sulfonamides is 1. The Kier molecular flexibility index (Phi) is 8.96. The third-order valence-electron chi connectivity index (χ3n) is 4.64. The van der Waals surface area contributed by atoms with Gasteiger partial charge < -0.3 is 10.5 Å². The summed E-state index contributed by atoms with van der Waals surface area (Å²) in [6.07, 6.45) is 1.39. The molecule has 3 aromatic carbocycles. The molecule has 0 atom stereocenters. The van der Waals surface area contributed by atoms with Crippen LogP contribution in [-0.4, -0.2) is 43.9 Å². The second kappa shape index (κ2) is 12.1. The van der Waals surface area contributed by atoms with E-state index in [0.717, 1.165) is 9.87 Å². The molecule has 182 valence electrons. The molecule has 0 aliphatic heterocycles. The highest BCUT2D eigenvalue weighted by molar-refractivity contribution is 7.89. The van der Waals surface area contributed by atoms with Gasteiger partial charge >= 0.3 is 0 Å². The quantitative estimate of drug-likeness (QED) is 0.300. The number of hydrazone groups is 1. The molecular weight excluding hydrogens is 492 g/mol. The zero-order valence-corrected chi connectivity index (χ0v) is 20.1. The maximum atomic E-state index is 13.2. The lowest BCUT2D eigenvalue weighted by atomic mass is 10.2. The highest BCUT2D eigenvalue weighted by atomic mass is 35.5. The lowest BCUT2D eigenvalue weighted by molar-refractivity contribution is -0.121. The van der Waals surface area contributed by atoms with E-state index in [2.05, 4.69) is 10.5 Å². The van der Waals surface area contributed by atoms with Crippen molar-refractivity contribution < 1.29 is 22.7 Å². The van der Waals surface area contributed by atoms with Gasteiger partial charge in [0.1, 0.15) is 5.75 Å². The molecule has 0 radical (unpaired) electrons. The van der Waals surface area contributed by atoms with Crippen LogP contribution in [0.1, 0.15) is 11.1 Å². The molecule has 0 aliphatic rings. The van der Waals surface area contributed by atoms with Gasteiger partial charge in [0.15, 0.2) is 6.61 Å². The van der Waals surface area contributed by atoms with E-state index in [9.17, 15) is 18.0 Å². The van der Waals surface area contributed by atoms with Crippen molar-refractivity contribution in [1.82, 2.24) is 9.73 Å². The Labute approximate surface area is 208 Å². The molecule has 3 rings (SSSR count). The Morgan fingerprint density at radius 2 is 1.66 bits per heavy atom. The molecule has 0 bridgehead atoms. The first-order valence-corrected chi connectivity index (χ1v) is 12.2. The Morgan fingerprint density at radius 3 is 2.29 bits per heavy atom. The molecule has 0 aromatic heterocycles. The molecule has 0 saturated carbocycles. The van der Waals surface area contributed by atoms with Gasteiger partial charge in [-0.1, -0.05) is 41.9 Å². The van der Waals surface area contributed by atoms with Crippen LogP contribution in [0.4, 0.5) is 0 Å². The van der Waals surface area contributed by atoms with Crippen molar-refractivity contribution in [1.29, 1.82) is 0 Å². The van der Waals surface area contributed by atoms with Crippen molar-refractivity contribution in [3.63, 3.8) is 0 Å². The second-order valence-electron chi connectivity index (χ2n) is 7.33. The van der Waals surface area contributed by atoms with E-state index in [4.69, 9.17) is 22.1 Å². The number of nitrogens with zero attached hydrogens (tertiary/aromatic N) is 2. The average Bonchev–Trinajstić information content (AvgIpc) is 2.84. The summed E-state index contributed by atoms with van der Waals surface area (Å²) < 4.78 is 32.7. The summed E-state index contributed by atoms with van der Waals surface area (Å²) >= 11 is 5.89. The molecule has 35 heavy (non-hydrogen) atoms. The van der Waals surface area contributed by atoms with Crippen molar-refractivity contribution in [2.75, 3.05) is 13.2 Å². The van der Waals surface area contributed by atoms with E-state index in [1.165, 1.54) is 30.5 Å². The Bertz CT molecular complexity index is 1280. The summed E-state index contributed by atoms with van der Waals surface area (Å²) in [4.78, 5) is 23.3. The molecule has 0 aliphatic carbocycles. The number of nitrogens with two attached hydrogens (primary N) is 1.